The van der Waals surface area contributed by atoms with Gasteiger partial charge in [-0.05, 0) is 12.1 Å². The van der Waals surface area contributed by atoms with E-state index >= 15 is 0 Å². The van der Waals surface area contributed by atoms with Crippen molar-refractivity contribution in [1.29, 1.82) is 0 Å². The van der Waals surface area contributed by atoms with E-state index in [2.05, 4.69) is 5.10 Å². The lowest BCUT2D eigenvalue weighted by Gasteiger charge is -2.12. The maximum absolute atomic E-state index is 12.4. The molecule has 0 bridgehead atoms. The summed E-state index contributed by atoms with van der Waals surface area (Å²) >= 11 is 0. The molecule has 2 aromatic heterocycles. The van der Waals surface area contributed by atoms with Gasteiger partial charge in [-0.3, -0.25) is 4.79 Å². The van der Waals surface area contributed by atoms with Crippen molar-refractivity contribution in [3.8, 4) is 5.75 Å². The molecule has 0 fully saturated rings. The highest BCUT2D eigenvalue weighted by Gasteiger charge is 2.16. The Kier molecular flexibility index (Phi) is 4.32. The number of ketones is 1. The number of hydrogen-bond acceptors (Lipinski definition) is 3. The fourth-order valence-electron chi connectivity index (χ4n) is 1.83. The topological polar surface area (TPSA) is 43.6 Å². The third-order valence-corrected chi connectivity index (χ3v) is 2.93. The first-order valence-corrected chi connectivity index (χ1v) is 6.37. The predicted octanol–water partition coefficient (Wildman–Crippen LogP) is 2.86. The Hall–Kier alpha value is -1.98. The van der Waals surface area contributed by atoms with E-state index in [1.807, 2.05) is 13.8 Å². The second kappa shape index (κ2) is 5.98. The van der Waals surface area contributed by atoms with Crippen molar-refractivity contribution in [3.05, 3.63) is 30.1 Å². The van der Waals surface area contributed by atoms with E-state index in [4.69, 9.17) is 4.74 Å². The molecule has 0 saturated heterocycles. The van der Waals surface area contributed by atoms with Gasteiger partial charge in [0, 0.05) is 5.92 Å². The summed E-state index contributed by atoms with van der Waals surface area (Å²) in [5, 5.41) is 4.07. The lowest BCUT2D eigenvalue weighted by Crippen LogP contribution is -2.21. The van der Waals surface area contributed by atoms with Crippen molar-refractivity contribution in [2.24, 2.45) is 5.92 Å². The smallest absolute Gasteiger partial charge is 0.169 e. The number of fused-ring (bicyclic) bond motifs is 1. The Morgan fingerprint density at radius 2 is 2.05 bits per heavy atom. The van der Waals surface area contributed by atoms with Gasteiger partial charge in [0.1, 0.15) is 19.1 Å². The molecule has 0 unspecified atom stereocenters. The van der Waals surface area contributed by atoms with Crippen molar-refractivity contribution >= 4 is 11.3 Å². The Bertz CT molecular complexity index is 606. The molecule has 0 aliphatic carbocycles. The van der Waals surface area contributed by atoms with Gasteiger partial charge >= 0.3 is 0 Å². The van der Waals surface area contributed by atoms with Gasteiger partial charge in [0.05, 0.1) is 23.5 Å². The largest absolute Gasteiger partial charge is 0.483 e. The molecule has 2 aromatic rings. The monoisotopic (exact) mass is 282 g/mol. The molecule has 6 heteroatoms. The van der Waals surface area contributed by atoms with Gasteiger partial charge in [-0.1, -0.05) is 13.8 Å². The number of carbonyl (C=O) groups excluding carboxylic acids is 1. The number of aromatic nitrogens is 2. The first-order valence-electron chi connectivity index (χ1n) is 6.37. The molecule has 0 aliphatic heterocycles. The maximum Gasteiger partial charge on any atom is 0.169 e. The zero-order chi connectivity index (χ0) is 14.7. The molecular weight excluding hydrogens is 266 g/mol. The van der Waals surface area contributed by atoms with Crippen LogP contribution >= 0.6 is 0 Å². The number of pyridine rings is 1. The summed E-state index contributed by atoms with van der Waals surface area (Å²) in [4.78, 5) is 12.0. The Labute approximate surface area is 115 Å². The number of halogens is 2. The minimum absolute atomic E-state index is 0.000869. The highest BCUT2D eigenvalue weighted by atomic mass is 19.1. The Morgan fingerprint density at radius 1 is 1.35 bits per heavy atom. The second-order valence-corrected chi connectivity index (χ2v) is 4.82. The SMILES string of the molecule is CC(C)C(=O)c1cnn2cc(OC(CF)CF)ccc12. The molecule has 0 atom stereocenters. The number of nitrogens with zero attached hydrogens (tertiary/aromatic N) is 2. The van der Waals surface area contributed by atoms with Crippen molar-refractivity contribution in [1.82, 2.24) is 9.61 Å². The summed E-state index contributed by atoms with van der Waals surface area (Å²) in [7, 11) is 0. The van der Waals surface area contributed by atoms with E-state index in [1.165, 1.54) is 16.9 Å². The van der Waals surface area contributed by atoms with Crippen LogP contribution in [-0.2, 0) is 0 Å². The van der Waals surface area contributed by atoms with Crippen molar-refractivity contribution in [3.63, 3.8) is 0 Å². The molecule has 0 spiro atoms. The molecule has 2 rings (SSSR count). The van der Waals surface area contributed by atoms with Crippen LogP contribution in [0.5, 0.6) is 5.75 Å². The summed E-state index contributed by atoms with van der Waals surface area (Å²) in [6.45, 7) is 1.84. The molecular formula is C14H16F2N2O2. The van der Waals surface area contributed by atoms with Gasteiger partial charge < -0.3 is 4.74 Å². The number of carbonyl (C=O) groups is 1. The second-order valence-electron chi connectivity index (χ2n) is 4.82. The average Bonchev–Trinajstić information content (AvgIpc) is 2.86. The molecule has 108 valence electrons. The molecule has 2 heterocycles. The molecule has 0 amide bonds. The molecule has 0 saturated carbocycles. The molecule has 20 heavy (non-hydrogen) atoms. The minimum Gasteiger partial charge on any atom is -0.483 e. The number of hydrogen-bond donors (Lipinski definition) is 0. The first-order chi connectivity index (χ1) is 9.56. The van der Waals surface area contributed by atoms with Crippen molar-refractivity contribution in [2.45, 2.75) is 20.0 Å². The van der Waals surface area contributed by atoms with Crippen LogP contribution in [0.1, 0.15) is 24.2 Å². The quantitative estimate of drug-likeness (QED) is 0.765. The van der Waals surface area contributed by atoms with Crippen LogP contribution in [0.4, 0.5) is 8.78 Å². The van der Waals surface area contributed by atoms with Crippen LogP contribution in [0, 0.1) is 5.92 Å². The molecule has 0 aliphatic rings. The third kappa shape index (κ3) is 2.79. The lowest BCUT2D eigenvalue weighted by molar-refractivity contribution is 0.0941. The van der Waals surface area contributed by atoms with Crippen LogP contribution in [0.25, 0.3) is 5.52 Å². The zero-order valence-electron chi connectivity index (χ0n) is 11.3. The van der Waals surface area contributed by atoms with E-state index in [-0.39, 0.29) is 11.7 Å². The van der Waals surface area contributed by atoms with Crippen LogP contribution < -0.4 is 4.74 Å². The number of Topliss-reactive ketones (excluding diaryl/α,β-unsaturated/α-hetero) is 1. The predicted molar refractivity (Wildman–Crippen MR) is 70.7 cm³/mol. The van der Waals surface area contributed by atoms with Gasteiger partial charge in [-0.25, -0.2) is 13.3 Å². The summed E-state index contributed by atoms with van der Waals surface area (Å²) in [5.41, 5.74) is 1.17. The van der Waals surface area contributed by atoms with Crippen LogP contribution in [0.2, 0.25) is 0 Å². The normalized spacial score (nSPS) is 11.5. The van der Waals surface area contributed by atoms with Crippen molar-refractivity contribution < 1.29 is 18.3 Å². The van der Waals surface area contributed by atoms with Gasteiger partial charge in [0.2, 0.25) is 0 Å². The molecule has 0 N–H and O–H groups in total. The average molecular weight is 282 g/mol. The minimum atomic E-state index is -1.11. The third-order valence-electron chi connectivity index (χ3n) is 2.93. The van der Waals surface area contributed by atoms with Crippen molar-refractivity contribution in [2.75, 3.05) is 13.3 Å². The van der Waals surface area contributed by atoms with Gasteiger partial charge in [0.25, 0.3) is 0 Å². The van der Waals surface area contributed by atoms with Gasteiger partial charge in [0.15, 0.2) is 11.9 Å². The van der Waals surface area contributed by atoms with E-state index < -0.39 is 19.5 Å². The Morgan fingerprint density at radius 3 is 2.65 bits per heavy atom. The number of alkyl halides is 2. The summed E-state index contributed by atoms with van der Waals surface area (Å²) in [6, 6.07) is 3.23. The zero-order valence-corrected chi connectivity index (χ0v) is 11.3. The lowest BCUT2D eigenvalue weighted by atomic mass is 10.0. The van der Waals surface area contributed by atoms with E-state index in [9.17, 15) is 13.6 Å². The Balaban J connectivity index is 2.31. The van der Waals surface area contributed by atoms with Gasteiger partial charge in [-0.15, -0.1) is 0 Å². The van der Waals surface area contributed by atoms with Gasteiger partial charge in [-0.2, -0.15) is 5.10 Å². The fourth-order valence-corrected chi connectivity index (χ4v) is 1.83. The maximum atomic E-state index is 12.4. The first kappa shape index (κ1) is 14.4. The molecule has 0 aromatic carbocycles. The number of ether oxygens (including phenoxy) is 1. The van der Waals surface area contributed by atoms with Crippen LogP contribution in [-0.4, -0.2) is 34.9 Å². The molecule has 0 radical (unpaired) electrons. The number of rotatable bonds is 6. The van der Waals surface area contributed by atoms with E-state index in [0.29, 0.717) is 16.8 Å². The van der Waals surface area contributed by atoms with Crippen LogP contribution in [0.15, 0.2) is 24.5 Å². The summed E-state index contributed by atoms with van der Waals surface area (Å²) in [5.74, 6) is 0.185. The molecule has 4 nitrogen and oxygen atoms in total. The summed E-state index contributed by atoms with van der Waals surface area (Å²) < 4.78 is 31.5. The summed E-state index contributed by atoms with van der Waals surface area (Å²) in [6.07, 6.45) is 1.88. The van der Waals surface area contributed by atoms with E-state index in [1.54, 1.807) is 12.1 Å². The highest BCUT2D eigenvalue weighted by Crippen LogP contribution is 2.20. The fraction of sp³-hybridized carbons (Fsp3) is 0.429. The standard InChI is InChI=1S/C14H16F2N2O2/c1-9(2)14(19)12-7-17-18-8-10(3-4-13(12)18)20-11(5-15)6-16/h3-4,7-9,11H,5-6H2,1-2H3. The highest BCUT2D eigenvalue weighted by molar-refractivity contribution is 6.03. The van der Waals surface area contributed by atoms with Crippen LogP contribution in [0.3, 0.4) is 0 Å². The van der Waals surface area contributed by atoms with E-state index in [0.717, 1.165) is 0 Å².